The van der Waals surface area contributed by atoms with Crippen LogP contribution in [0.5, 0.6) is 0 Å². The summed E-state index contributed by atoms with van der Waals surface area (Å²) in [5.41, 5.74) is 0. The third-order valence-electron chi connectivity index (χ3n) is 9.50. The molecule has 0 rings (SSSR count). The van der Waals surface area contributed by atoms with E-state index in [4.69, 9.17) is 9.05 Å². The summed E-state index contributed by atoms with van der Waals surface area (Å²) in [7, 11) is 1.29. The highest BCUT2D eigenvalue weighted by molar-refractivity contribution is 7.45. The molecular formula is C41H83N2O6P. The number of nitrogens with zero attached hydrogens (tertiary/aromatic N) is 1. The SMILES string of the molecule is CCCCCC/C=C\CCCC(=O)NC(COP(=O)([O-])OCC[N+](C)(C)C)C(O)CCCCCCCCCCCCCCCCCCCCC. The maximum atomic E-state index is 12.7. The van der Waals surface area contributed by atoms with Crippen molar-refractivity contribution in [3.8, 4) is 0 Å². The summed E-state index contributed by atoms with van der Waals surface area (Å²) in [4.78, 5) is 25.1. The van der Waals surface area contributed by atoms with E-state index in [1.165, 1.54) is 128 Å². The maximum Gasteiger partial charge on any atom is 0.268 e. The second-order valence-corrected chi connectivity index (χ2v) is 17.1. The molecule has 0 saturated carbocycles. The lowest BCUT2D eigenvalue weighted by Gasteiger charge is -2.30. The van der Waals surface area contributed by atoms with Gasteiger partial charge in [-0.25, -0.2) is 0 Å². The van der Waals surface area contributed by atoms with Gasteiger partial charge < -0.3 is 28.8 Å². The Hall–Kier alpha value is -0.760. The molecule has 3 atom stereocenters. The molecule has 2 N–H and O–H groups in total. The number of hydrogen-bond acceptors (Lipinski definition) is 6. The molecule has 0 bridgehead atoms. The van der Waals surface area contributed by atoms with Crippen molar-refractivity contribution in [1.29, 1.82) is 0 Å². The molecule has 1 amide bonds. The average Bonchev–Trinajstić information content (AvgIpc) is 3.06. The van der Waals surface area contributed by atoms with Gasteiger partial charge in [0.1, 0.15) is 13.2 Å². The van der Waals surface area contributed by atoms with E-state index in [0.29, 0.717) is 30.3 Å². The minimum Gasteiger partial charge on any atom is -0.756 e. The maximum absolute atomic E-state index is 12.7. The molecule has 8 nitrogen and oxygen atoms in total. The van der Waals surface area contributed by atoms with Crippen LogP contribution in [-0.2, 0) is 18.4 Å². The second-order valence-electron chi connectivity index (χ2n) is 15.7. The summed E-state index contributed by atoms with van der Waals surface area (Å²) in [6, 6.07) is -0.809. The lowest BCUT2D eigenvalue weighted by molar-refractivity contribution is -0.870. The Morgan fingerprint density at radius 1 is 0.680 bits per heavy atom. The summed E-state index contributed by atoms with van der Waals surface area (Å²) in [6.45, 7) is 4.66. The zero-order chi connectivity index (χ0) is 37.2. The van der Waals surface area contributed by atoms with Crippen molar-refractivity contribution >= 4 is 13.7 Å². The summed E-state index contributed by atoms with van der Waals surface area (Å²) >= 11 is 0. The Bertz CT molecular complexity index is 834. The lowest BCUT2D eigenvalue weighted by atomic mass is 10.0. The molecule has 0 fully saturated rings. The molecule has 50 heavy (non-hydrogen) atoms. The zero-order valence-corrected chi connectivity index (χ0v) is 34.5. The second kappa shape index (κ2) is 34.0. The standard InChI is InChI=1S/C41H83N2O6P/c1-6-8-10-12-14-16-17-18-19-20-21-22-23-24-25-27-28-30-32-34-40(44)39(38-49-50(46,47)48-37-36-43(3,4)5)42-41(45)35-33-31-29-26-15-13-11-9-7-2/h26,29,39-40,44H,6-25,27-28,30-38H2,1-5H3,(H-,42,45,46,47)/b29-26-. The number of amides is 1. The number of aliphatic hydroxyl groups is 1. The zero-order valence-electron chi connectivity index (χ0n) is 33.6. The van der Waals surface area contributed by atoms with Gasteiger partial charge in [-0.3, -0.25) is 9.36 Å². The van der Waals surface area contributed by atoms with E-state index in [9.17, 15) is 19.4 Å². The van der Waals surface area contributed by atoms with Gasteiger partial charge in [0.05, 0.1) is 39.9 Å². The molecule has 0 saturated heterocycles. The van der Waals surface area contributed by atoms with E-state index in [-0.39, 0.29) is 19.1 Å². The van der Waals surface area contributed by atoms with E-state index in [0.717, 1.165) is 32.1 Å². The van der Waals surface area contributed by atoms with Gasteiger partial charge in [-0.2, -0.15) is 0 Å². The number of hydrogen-bond donors (Lipinski definition) is 2. The lowest BCUT2D eigenvalue weighted by Crippen LogP contribution is -2.46. The normalized spacial score (nSPS) is 14.6. The first kappa shape index (κ1) is 49.2. The van der Waals surface area contributed by atoms with Crippen LogP contribution in [0.2, 0.25) is 0 Å². The van der Waals surface area contributed by atoms with Crippen LogP contribution in [0.4, 0.5) is 0 Å². The summed E-state index contributed by atoms with van der Waals surface area (Å²) in [5.74, 6) is -0.200. The van der Waals surface area contributed by atoms with E-state index in [1.54, 1.807) is 0 Å². The highest BCUT2D eigenvalue weighted by Gasteiger charge is 2.24. The first-order chi connectivity index (χ1) is 24.0. The number of carbonyl (C=O) groups excluding carboxylic acids is 1. The fraction of sp³-hybridized carbons (Fsp3) is 0.927. The number of nitrogens with one attached hydrogen (secondary N) is 1. The number of unbranched alkanes of at least 4 members (excludes halogenated alkanes) is 23. The van der Waals surface area contributed by atoms with Crippen molar-refractivity contribution in [3.05, 3.63) is 12.2 Å². The van der Waals surface area contributed by atoms with Crippen LogP contribution in [0.3, 0.4) is 0 Å². The fourth-order valence-corrected chi connectivity index (χ4v) is 6.82. The van der Waals surface area contributed by atoms with Gasteiger partial charge in [0.2, 0.25) is 5.91 Å². The molecule has 0 spiro atoms. The molecule has 298 valence electrons. The number of likely N-dealkylation sites (N-methyl/N-ethyl adjacent to an activating group) is 1. The van der Waals surface area contributed by atoms with Crippen molar-refractivity contribution in [1.82, 2.24) is 5.32 Å². The Kier molecular flexibility index (Phi) is 33.5. The topological polar surface area (TPSA) is 108 Å². The van der Waals surface area contributed by atoms with Gasteiger partial charge in [-0.1, -0.05) is 167 Å². The number of phosphoric ester groups is 1. The van der Waals surface area contributed by atoms with Crippen LogP contribution in [0.25, 0.3) is 0 Å². The van der Waals surface area contributed by atoms with Gasteiger partial charge in [0, 0.05) is 6.42 Å². The average molecular weight is 731 g/mol. The Labute approximate surface area is 310 Å². The number of quaternary nitrogens is 1. The van der Waals surface area contributed by atoms with Gasteiger partial charge >= 0.3 is 0 Å². The molecule has 0 aromatic heterocycles. The minimum atomic E-state index is -4.56. The molecule has 0 aliphatic carbocycles. The van der Waals surface area contributed by atoms with Gasteiger partial charge in [0.25, 0.3) is 7.82 Å². The van der Waals surface area contributed by atoms with Gasteiger partial charge in [-0.05, 0) is 32.1 Å². The summed E-state index contributed by atoms with van der Waals surface area (Å²) < 4.78 is 23.2. The number of rotatable bonds is 38. The van der Waals surface area contributed by atoms with Crippen LogP contribution in [0.1, 0.15) is 194 Å². The number of allylic oxidation sites excluding steroid dienone is 2. The van der Waals surface area contributed by atoms with E-state index in [2.05, 4.69) is 31.3 Å². The van der Waals surface area contributed by atoms with Crippen LogP contribution in [0, 0.1) is 0 Å². The van der Waals surface area contributed by atoms with Crippen LogP contribution in [-0.4, -0.2) is 68.5 Å². The van der Waals surface area contributed by atoms with Crippen molar-refractivity contribution in [3.63, 3.8) is 0 Å². The molecule has 0 aliphatic rings. The number of aliphatic hydroxyl groups excluding tert-OH is 1. The summed E-state index contributed by atoms with van der Waals surface area (Å²) in [6.07, 6.45) is 36.6. The van der Waals surface area contributed by atoms with Crippen molar-refractivity contribution < 1.29 is 32.9 Å². The molecule has 0 radical (unpaired) electrons. The molecular weight excluding hydrogens is 647 g/mol. The highest BCUT2D eigenvalue weighted by atomic mass is 31.2. The number of carbonyl (C=O) groups is 1. The van der Waals surface area contributed by atoms with E-state index in [1.807, 2.05) is 21.1 Å². The molecule has 0 aromatic rings. The van der Waals surface area contributed by atoms with Crippen LogP contribution < -0.4 is 10.2 Å². The molecule has 9 heteroatoms. The van der Waals surface area contributed by atoms with Crippen LogP contribution in [0.15, 0.2) is 12.2 Å². The minimum absolute atomic E-state index is 0.00926. The van der Waals surface area contributed by atoms with Crippen molar-refractivity contribution in [2.45, 2.75) is 206 Å². The first-order valence-electron chi connectivity index (χ1n) is 21.0. The Balaban J connectivity index is 4.31. The number of phosphoric acid groups is 1. The summed E-state index contributed by atoms with van der Waals surface area (Å²) in [5, 5.41) is 13.8. The van der Waals surface area contributed by atoms with Crippen LogP contribution >= 0.6 is 7.82 Å². The molecule has 3 unspecified atom stereocenters. The third-order valence-corrected chi connectivity index (χ3v) is 10.5. The van der Waals surface area contributed by atoms with Crippen molar-refractivity contribution in [2.75, 3.05) is 40.9 Å². The predicted octanol–water partition coefficient (Wildman–Crippen LogP) is 10.6. The van der Waals surface area contributed by atoms with Gasteiger partial charge in [0.15, 0.2) is 0 Å². The quantitative estimate of drug-likeness (QED) is 0.0283. The highest BCUT2D eigenvalue weighted by Crippen LogP contribution is 2.38. The van der Waals surface area contributed by atoms with E-state index < -0.39 is 20.0 Å². The largest absolute Gasteiger partial charge is 0.756 e. The molecule has 0 aliphatic heterocycles. The first-order valence-corrected chi connectivity index (χ1v) is 22.5. The molecule has 0 heterocycles. The van der Waals surface area contributed by atoms with E-state index >= 15 is 0 Å². The molecule has 0 aromatic carbocycles. The predicted molar refractivity (Wildman–Crippen MR) is 210 cm³/mol. The fourth-order valence-electron chi connectivity index (χ4n) is 6.10. The third kappa shape index (κ3) is 35.6. The van der Waals surface area contributed by atoms with Gasteiger partial charge in [-0.15, -0.1) is 0 Å². The van der Waals surface area contributed by atoms with Crippen molar-refractivity contribution in [2.24, 2.45) is 0 Å². The Morgan fingerprint density at radius 3 is 1.56 bits per heavy atom. The Morgan fingerprint density at radius 2 is 1.10 bits per heavy atom. The monoisotopic (exact) mass is 731 g/mol. The smallest absolute Gasteiger partial charge is 0.268 e.